The average molecular weight is 414 g/mol. The second-order valence-electron chi connectivity index (χ2n) is 8.47. The van der Waals surface area contributed by atoms with Gasteiger partial charge in [-0.2, -0.15) is 0 Å². The topological polar surface area (TPSA) is 62.6 Å². The molecular weight excluding hydrogens is 378 g/mol. The Bertz CT molecular complexity index is 914. The van der Waals surface area contributed by atoms with Crippen molar-refractivity contribution in [2.24, 2.45) is 0 Å². The van der Waals surface area contributed by atoms with Gasteiger partial charge in [0.05, 0.1) is 12.1 Å². The van der Waals surface area contributed by atoms with Gasteiger partial charge < -0.3 is 24.4 Å². The molecule has 2 aromatic heterocycles. The van der Waals surface area contributed by atoms with E-state index in [1.165, 1.54) is 51.9 Å². The van der Waals surface area contributed by atoms with Crippen LogP contribution in [-0.2, 0) is 6.54 Å². The van der Waals surface area contributed by atoms with Crippen LogP contribution in [0.5, 0.6) is 5.88 Å². The molecule has 30 heavy (non-hydrogen) atoms. The molecule has 0 aromatic carbocycles. The zero-order valence-corrected chi connectivity index (χ0v) is 18.5. The van der Waals surface area contributed by atoms with Crippen LogP contribution in [0.2, 0.25) is 0 Å². The third-order valence-electron chi connectivity index (χ3n) is 6.24. The minimum atomic E-state index is -0.0259. The smallest absolute Gasteiger partial charge is 0.227 e. The van der Waals surface area contributed by atoms with Crippen LogP contribution in [0.3, 0.4) is 0 Å². The number of rotatable bonds is 9. The fraction of sp³-hybridized carbons (Fsp3) is 0.652. The lowest BCUT2D eigenvalue weighted by molar-refractivity contribution is 0.323. The minimum Gasteiger partial charge on any atom is -0.477 e. The molecule has 0 bridgehead atoms. The second-order valence-corrected chi connectivity index (χ2v) is 8.47. The lowest BCUT2D eigenvalue weighted by Crippen LogP contribution is -2.29. The zero-order valence-electron chi connectivity index (χ0n) is 18.5. The predicted molar refractivity (Wildman–Crippen MR) is 122 cm³/mol. The standard InChI is InChI=1S/C23H35N5O2/c1-3-30-23-22-19(16-18(2)25-23)28(15-14-27-11-6-7-12-27)21(17-20(22)29)24-8-13-26-9-4-5-10-26/h16-17,24H,3-15H2,1-2H3. The van der Waals surface area contributed by atoms with Crippen molar-refractivity contribution in [3.8, 4) is 5.88 Å². The highest BCUT2D eigenvalue weighted by atomic mass is 16.5. The summed E-state index contributed by atoms with van der Waals surface area (Å²) in [4.78, 5) is 22.5. The van der Waals surface area contributed by atoms with Crippen LogP contribution < -0.4 is 15.5 Å². The van der Waals surface area contributed by atoms with Crippen LogP contribution in [0.4, 0.5) is 5.82 Å². The molecule has 4 heterocycles. The van der Waals surface area contributed by atoms with Crippen LogP contribution in [0.1, 0.15) is 38.3 Å². The summed E-state index contributed by atoms with van der Waals surface area (Å²) in [5.74, 6) is 1.36. The maximum absolute atomic E-state index is 13.0. The summed E-state index contributed by atoms with van der Waals surface area (Å²) in [6, 6.07) is 3.75. The number of likely N-dealkylation sites (tertiary alicyclic amines) is 2. The highest BCUT2D eigenvalue weighted by Gasteiger charge is 2.18. The molecular formula is C23H35N5O2. The van der Waals surface area contributed by atoms with Crippen molar-refractivity contribution in [2.75, 3.05) is 57.7 Å². The molecule has 7 heteroatoms. The highest BCUT2D eigenvalue weighted by molar-refractivity contribution is 5.86. The van der Waals surface area contributed by atoms with Gasteiger partial charge >= 0.3 is 0 Å². The maximum atomic E-state index is 13.0. The molecule has 0 atom stereocenters. The molecule has 7 nitrogen and oxygen atoms in total. The fourth-order valence-electron chi connectivity index (χ4n) is 4.70. The Morgan fingerprint density at radius 1 is 1.00 bits per heavy atom. The molecule has 0 unspecified atom stereocenters. The first kappa shape index (κ1) is 21.1. The Labute approximate surface area is 179 Å². The van der Waals surface area contributed by atoms with Gasteiger partial charge in [0.2, 0.25) is 5.88 Å². The normalized spacial score (nSPS) is 17.8. The van der Waals surface area contributed by atoms with Crippen LogP contribution in [0, 0.1) is 6.92 Å². The van der Waals surface area contributed by atoms with Crippen molar-refractivity contribution in [1.82, 2.24) is 19.4 Å². The van der Waals surface area contributed by atoms with Gasteiger partial charge in [-0.3, -0.25) is 4.79 Å². The molecule has 2 fully saturated rings. The van der Waals surface area contributed by atoms with Gasteiger partial charge in [-0.15, -0.1) is 0 Å². The molecule has 0 aliphatic carbocycles. The first-order valence-corrected chi connectivity index (χ1v) is 11.5. The number of nitrogens with zero attached hydrogens (tertiary/aromatic N) is 4. The van der Waals surface area contributed by atoms with Crippen LogP contribution in [-0.4, -0.2) is 71.8 Å². The largest absolute Gasteiger partial charge is 0.477 e. The number of fused-ring (bicyclic) bond motifs is 1. The second kappa shape index (κ2) is 9.79. The molecule has 1 N–H and O–H groups in total. The van der Waals surface area contributed by atoms with Crippen molar-refractivity contribution in [3.05, 3.63) is 28.0 Å². The van der Waals surface area contributed by atoms with Crippen LogP contribution in [0.25, 0.3) is 10.9 Å². The van der Waals surface area contributed by atoms with E-state index in [9.17, 15) is 4.79 Å². The molecule has 0 amide bonds. The van der Waals surface area contributed by atoms with Gasteiger partial charge in [-0.1, -0.05) is 0 Å². The third-order valence-corrected chi connectivity index (χ3v) is 6.24. The minimum absolute atomic E-state index is 0.0259. The molecule has 2 aliphatic heterocycles. The number of ether oxygens (including phenoxy) is 1. The Morgan fingerprint density at radius 2 is 1.67 bits per heavy atom. The third kappa shape index (κ3) is 4.78. The van der Waals surface area contributed by atoms with Crippen LogP contribution in [0.15, 0.2) is 16.9 Å². The van der Waals surface area contributed by atoms with Crippen molar-refractivity contribution >= 4 is 16.7 Å². The number of pyridine rings is 2. The maximum Gasteiger partial charge on any atom is 0.227 e. The van der Waals surface area contributed by atoms with Gasteiger partial charge in [0.25, 0.3) is 0 Å². The van der Waals surface area contributed by atoms with E-state index in [2.05, 4.69) is 24.7 Å². The van der Waals surface area contributed by atoms with E-state index >= 15 is 0 Å². The summed E-state index contributed by atoms with van der Waals surface area (Å²) in [6.45, 7) is 12.8. The Balaban J connectivity index is 1.66. The Morgan fingerprint density at radius 3 is 2.33 bits per heavy atom. The van der Waals surface area contributed by atoms with E-state index in [-0.39, 0.29) is 5.43 Å². The number of aromatic nitrogens is 2. The molecule has 2 saturated heterocycles. The molecule has 0 radical (unpaired) electrons. The van der Waals surface area contributed by atoms with E-state index in [1.54, 1.807) is 6.07 Å². The number of nitrogens with one attached hydrogen (secondary N) is 1. The number of hydrogen-bond acceptors (Lipinski definition) is 6. The van der Waals surface area contributed by atoms with E-state index < -0.39 is 0 Å². The van der Waals surface area contributed by atoms with E-state index in [1.807, 2.05) is 19.9 Å². The molecule has 4 rings (SSSR count). The fourth-order valence-corrected chi connectivity index (χ4v) is 4.70. The molecule has 164 valence electrons. The quantitative estimate of drug-likeness (QED) is 0.682. The predicted octanol–water partition coefficient (Wildman–Crippen LogP) is 2.71. The lowest BCUT2D eigenvalue weighted by atomic mass is 10.2. The molecule has 0 spiro atoms. The lowest BCUT2D eigenvalue weighted by Gasteiger charge is -2.23. The number of hydrogen-bond donors (Lipinski definition) is 1. The summed E-state index contributed by atoms with van der Waals surface area (Å²) >= 11 is 0. The van der Waals surface area contributed by atoms with Gasteiger partial charge in [0.1, 0.15) is 11.2 Å². The van der Waals surface area contributed by atoms with Gasteiger partial charge in [-0.05, 0) is 71.8 Å². The summed E-state index contributed by atoms with van der Waals surface area (Å²) in [6.07, 6.45) is 5.15. The zero-order chi connectivity index (χ0) is 20.9. The molecule has 2 aromatic rings. The summed E-state index contributed by atoms with van der Waals surface area (Å²) in [5, 5.41) is 4.15. The Hall–Kier alpha value is -2.12. The summed E-state index contributed by atoms with van der Waals surface area (Å²) in [7, 11) is 0. The number of anilines is 1. The first-order chi connectivity index (χ1) is 14.7. The van der Waals surface area contributed by atoms with Gasteiger partial charge in [0, 0.05) is 37.9 Å². The summed E-state index contributed by atoms with van der Waals surface area (Å²) in [5.41, 5.74) is 1.76. The van der Waals surface area contributed by atoms with E-state index in [0.717, 1.165) is 43.2 Å². The van der Waals surface area contributed by atoms with E-state index in [4.69, 9.17) is 4.74 Å². The van der Waals surface area contributed by atoms with Crippen molar-refractivity contribution in [2.45, 2.75) is 46.1 Å². The SMILES string of the molecule is CCOc1nc(C)cc2c1c(=O)cc(NCCN1CCCC1)n2CCN1CCCC1. The first-order valence-electron chi connectivity index (χ1n) is 11.5. The average Bonchev–Trinajstić information content (AvgIpc) is 3.41. The van der Waals surface area contributed by atoms with Crippen molar-refractivity contribution in [3.63, 3.8) is 0 Å². The van der Waals surface area contributed by atoms with E-state index in [0.29, 0.717) is 17.9 Å². The van der Waals surface area contributed by atoms with Crippen molar-refractivity contribution in [1.29, 1.82) is 0 Å². The van der Waals surface area contributed by atoms with Gasteiger partial charge in [0.15, 0.2) is 5.43 Å². The number of aryl methyl sites for hydroxylation is 1. The van der Waals surface area contributed by atoms with Gasteiger partial charge in [-0.25, -0.2) is 4.98 Å². The monoisotopic (exact) mass is 413 g/mol. The Kier molecular flexibility index (Phi) is 6.89. The van der Waals surface area contributed by atoms with Crippen molar-refractivity contribution < 1.29 is 4.74 Å². The molecule has 0 saturated carbocycles. The van der Waals surface area contributed by atoms with Crippen LogP contribution >= 0.6 is 0 Å². The highest BCUT2D eigenvalue weighted by Crippen LogP contribution is 2.25. The summed E-state index contributed by atoms with van der Waals surface area (Å²) < 4.78 is 8.00. The molecule has 2 aliphatic rings.